The van der Waals surface area contributed by atoms with Crippen molar-refractivity contribution in [2.45, 2.75) is 39.2 Å². The van der Waals surface area contributed by atoms with Crippen molar-refractivity contribution in [3.05, 3.63) is 29.8 Å². The first kappa shape index (κ1) is 17.3. The lowest BCUT2D eigenvalue weighted by molar-refractivity contribution is -0.138. The molecular weight excluding hydrogens is 300 g/mol. The summed E-state index contributed by atoms with van der Waals surface area (Å²) >= 11 is 0. The highest BCUT2D eigenvalue weighted by Crippen LogP contribution is 2.26. The highest BCUT2D eigenvalue weighted by Gasteiger charge is 2.30. The van der Waals surface area contributed by atoms with E-state index in [1.807, 2.05) is 12.1 Å². The number of carbonyl (C=O) groups is 1. The van der Waals surface area contributed by atoms with E-state index in [1.54, 1.807) is 7.11 Å². The maximum atomic E-state index is 12.7. The molecule has 0 saturated carbocycles. The fourth-order valence-electron chi connectivity index (χ4n) is 3.90. The summed E-state index contributed by atoms with van der Waals surface area (Å²) < 4.78 is 5.45. The van der Waals surface area contributed by atoms with Crippen molar-refractivity contribution in [3.8, 4) is 5.75 Å². The quantitative estimate of drug-likeness (QED) is 0.850. The molecule has 0 aliphatic carbocycles. The number of piperidine rings is 2. The Morgan fingerprint density at radius 1 is 1.08 bits per heavy atom. The number of nitrogens with zero attached hydrogens (tertiary/aromatic N) is 2. The van der Waals surface area contributed by atoms with Gasteiger partial charge in [0.25, 0.3) is 0 Å². The summed E-state index contributed by atoms with van der Waals surface area (Å²) in [5.74, 6) is 2.36. The van der Waals surface area contributed by atoms with E-state index >= 15 is 0 Å². The fraction of sp³-hybridized carbons (Fsp3) is 0.650. The van der Waals surface area contributed by atoms with Crippen LogP contribution in [0.25, 0.3) is 0 Å². The van der Waals surface area contributed by atoms with Gasteiger partial charge in [0.1, 0.15) is 5.75 Å². The zero-order chi connectivity index (χ0) is 16.9. The molecule has 1 aromatic rings. The molecule has 0 radical (unpaired) electrons. The van der Waals surface area contributed by atoms with Crippen LogP contribution in [-0.2, 0) is 11.3 Å². The first-order valence-electron chi connectivity index (χ1n) is 9.30. The molecule has 4 heteroatoms. The molecule has 2 fully saturated rings. The van der Waals surface area contributed by atoms with Crippen LogP contribution >= 0.6 is 0 Å². The fourth-order valence-corrected chi connectivity index (χ4v) is 3.90. The van der Waals surface area contributed by atoms with Gasteiger partial charge in [-0.15, -0.1) is 0 Å². The van der Waals surface area contributed by atoms with Crippen LogP contribution in [0.4, 0.5) is 0 Å². The number of ether oxygens (including phenoxy) is 1. The van der Waals surface area contributed by atoms with E-state index in [9.17, 15) is 4.79 Å². The molecule has 2 heterocycles. The molecule has 3 rings (SSSR count). The van der Waals surface area contributed by atoms with Crippen LogP contribution < -0.4 is 4.74 Å². The van der Waals surface area contributed by atoms with Crippen molar-refractivity contribution < 1.29 is 9.53 Å². The van der Waals surface area contributed by atoms with Gasteiger partial charge in [-0.2, -0.15) is 0 Å². The molecule has 0 N–H and O–H groups in total. The Morgan fingerprint density at radius 2 is 1.75 bits per heavy atom. The van der Waals surface area contributed by atoms with E-state index < -0.39 is 0 Å². The molecule has 4 nitrogen and oxygen atoms in total. The highest BCUT2D eigenvalue weighted by atomic mass is 16.5. The van der Waals surface area contributed by atoms with Gasteiger partial charge in [-0.25, -0.2) is 0 Å². The minimum absolute atomic E-state index is 0.229. The van der Waals surface area contributed by atoms with E-state index in [0.717, 1.165) is 57.2 Å². The monoisotopic (exact) mass is 330 g/mol. The number of likely N-dealkylation sites (tertiary alicyclic amines) is 2. The van der Waals surface area contributed by atoms with Crippen LogP contribution in [0.1, 0.15) is 38.2 Å². The van der Waals surface area contributed by atoms with Gasteiger partial charge < -0.3 is 9.64 Å². The molecule has 2 aliphatic heterocycles. The molecule has 2 aliphatic rings. The van der Waals surface area contributed by atoms with Gasteiger partial charge in [0.2, 0.25) is 5.91 Å². The number of hydrogen-bond donors (Lipinski definition) is 0. The van der Waals surface area contributed by atoms with Gasteiger partial charge in [0.05, 0.1) is 7.11 Å². The van der Waals surface area contributed by atoms with Crippen molar-refractivity contribution in [1.29, 1.82) is 0 Å². The number of rotatable bonds is 4. The normalized spacial score (nSPS) is 21.0. The minimum Gasteiger partial charge on any atom is -0.496 e. The average Bonchev–Trinajstić information content (AvgIpc) is 2.63. The second-order valence-corrected chi connectivity index (χ2v) is 7.37. The predicted molar refractivity (Wildman–Crippen MR) is 96.0 cm³/mol. The number of methoxy groups -OCH3 is 1. The number of carbonyl (C=O) groups excluding carboxylic acids is 1. The number of para-hydroxylation sites is 1. The SMILES string of the molecule is COc1ccccc1CN1CCC(C(=O)N2CCC(C)CC2)CC1. The third-order valence-electron chi connectivity index (χ3n) is 5.62. The maximum absolute atomic E-state index is 12.7. The Bertz CT molecular complexity index is 544. The zero-order valence-corrected chi connectivity index (χ0v) is 15.0. The molecule has 24 heavy (non-hydrogen) atoms. The molecule has 1 amide bonds. The lowest BCUT2D eigenvalue weighted by atomic mass is 9.92. The topological polar surface area (TPSA) is 32.8 Å². The van der Waals surface area contributed by atoms with Crippen LogP contribution in [0.15, 0.2) is 24.3 Å². The van der Waals surface area contributed by atoms with Crippen LogP contribution in [0.3, 0.4) is 0 Å². The number of benzene rings is 1. The third-order valence-corrected chi connectivity index (χ3v) is 5.62. The van der Waals surface area contributed by atoms with Gasteiger partial charge in [0, 0.05) is 31.1 Å². The van der Waals surface area contributed by atoms with E-state index in [1.165, 1.54) is 18.4 Å². The molecule has 2 saturated heterocycles. The lowest BCUT2D eigenvalue weighted by Gasteiger charge is -2.36. The van der Waals surface area contributed by atoms with E-state index in [-0.39, 0.29) is 5.92 Å². The van der Waals surface area contributed by atoms with Crippen molar-refractivity contribution >= 4 is 5.91 Å². The van der Waals surface area contributed by atoms with E-state index in [4.69, 9.17) is 4.74 Å². The van der Waals surface area contributed by atoms with Crippen molar-refractivity contribution in [3.63, 3.8) is 0 Å². The van der Waals surface area contributed by atoms with Crippen LogP contribution in [-0.4, -0.2) is 49.0 Å². The molecule has 0 bridgehead atoms. The summed E-state index contributed by atoms with van der Waals surface area (Å²) in [6.07, 6.45) is 4.30. The molecule has 0 aromatic heterocycles. The lowest BCUT2D eigenvalue weighted by Crippen LogP contribution is -2.45. The second kappa shape index (κ2) is 8.02. The number of amides is 1. The van der Waals surface area contributed by atoms with Gasteiger partial charge in [-0.3, -0.25) is 9.69 Å². The van der Waals surface area contributed by atoms with Crippen molar-refractivity contribution in [2.75, 3.05) is 33.3 Å². The summed E-state index contributed by atoms with van der Waals surface area (Å²) in [4.78, 5) is 17.3. The molecule has 0 spiro atoms. The summed E-state index contributed by atoms with van der Waals surface area (Å²) in [6.45, 7) is 7.12. The second-order valence-electron chi connectivity index (χ2n) is 7.37. The molecule has 0 atom stereocenters. The first-order valence-corrected chi connectivity index (χ1v) is 9.30. The summed E-state index contributed by atoms with van der Waals surface area (Å²) in [5.41, 5.74) is 1.23. The Kier molecular flexibility index (Phi) is 5.77. The smallest absolute Gasteiger partial charge is 0.225 e. The highest BCUT2D eigenvalue weighted by molar-refractivity contribution is 5.79. The predicted octanol–water partition coefficient (Wildman–Crippen LogP) is 3.17. The molecule has 132 valence electrons. The van der Waals surface area contributed by atoms with Crippen LogP contribution in [0, 0.1) is 11.8 Å². The summed E-state index contributed by atoms with van der Waals surface area (Å²) in [7, 11) is 1.73. The maximum Gasteiger partial charge on any atom is 0.225 e. The van der Waals surface area contributed by atoms with Crippen molar-refractivity contribution in [2.24, 2.45) is 11.8 Å². The standard InChI is InChI=1S/C20H30N2O2/c1-16-7-13-22(14-8-16)20(23)17-9-11-21(12-10-17)15-18-5-3-4-6-19(18)24-2/h3-6,16-17H,7-15H2,1-2H3. The van der Waals surface area contributed by atoms with Gasteiger partial charge in [-0.05, 0) is 50.8 Å². The Hall–Kier alpha value is -1.55. The largest absolute Gasteiger partial charge is 0.496 e. The third kappa shape index (κ3) is 4.10. The zero-order valence-electron chi connectivity index (χ0n) is 15.0. The Balaban J connectivity index is 1.49. The van der Waals surface area contributed by atoms with E-state index in [2.05, 4.69) is 28.9 Å². The molecular formula is C20H30N2O2. The Morgan fingerprint density at radius 3 is 2.42 bits per heavy atom. The average molecular weight is 330 g/mol. The Labute approximate surface area is 145 Å². The minimum atomic E-state index is 0.229. The molecule has 0 unspecified atom stereocenters. The van der Waals surface area contributed by atoms with Gasteiger partial charge in [-0.1, -0.05) is 25.1 Å². The van der Waals surface area contributed by atoms with Crippen LogP contribution in [0.2, 0.25) is 0 Å². The first-order chi connectivity index (χ1) is 11.7. The van der Waals surface area contributed by atoms with Gasteiger partial charge in [0.15, 0.2) is 0 Å². The van der Waals surface area contributed by atoms with Crippen molar-refractivity contribution in [1.82, 2.24) is 9.80 Å². The van der Waals surface area contributed by atoms with E-state index in [0.29, 0.717) is 5.91 Å². The summed E-state index contributed by atoms with van der Waals surface area (Å²) in [5, 5.41) is 0. The van der Waals surface area contributed by atoms with Gasteiger partial charge >= 0.3 is 0 Å². The van der Waals surface area contributed by atoms with Crippen LogP contribution in [0.5, 0.6) is 5.75 Å². The summed E-state index contributed by atoms with van der Waals surface area (Å²) in [6, 6.07) is 8.21. The number of hydrogen-bond acceptors (Lipinski definition) is 3. The molecule has 1 aromatic carbocycles.